The van der Waals surface area contributed by atoms with E-state index in [-0.39, 0.29) is 17.9 Å². The molecule has 2 aromatic carbocycles. The van der Waals surface area contributed by atoms with Crippen LogP contribution < -0.4 is 10.6 Å². The maximum Gasteiger partial charge on any atom is 0.408 e. The average Bonchev–Trinajstić information content (AvgIpc) is 2.68. The van der Waals surface area contributed by atoms with Crippen LogP contribution in [0, 0.1) is 5.92 Å². The molecule has 0 aliphatic carbocycles. The number of hydrogen-bond donors (Lipinski definition) is 2. The zero-order chi connectivity index (χ0) is 23.0. The molecule has 1 atom stereocenters. The van der Waals surface area contributed by atoms with Crippen LogP contribution in [0.4, 0.5) is 10.5 Å². The van der Waals surface area contributed by atoms with Crippen molar-refractivity contribution in [2.45, 2.75) is 52.8 Å². The molecule has 0 saturated heterocycles. The van der Waals surface area contributed by atoms with Crippen molar-refractivity contribution in [3.8, 4) is 0 Å². The summed E-state index contributed by atoms with van der Waals surface area (Å²) in [6, 6.07) is 14.2. The normalized spacial score (nSPS) is 12.6. The number of hydrogen-bond acceptors (Lipinski definition) is 4. The first-order valence-corrected chi connectivity index (χ1v) is 10.6. The van der Waals surface area contributed by atoms with Crippen LogP contribution in [0.1, 0.15) is 50.5 Å². The molecule has 0 aromatic heterocycles. The Labute approximate surface area is 189 Å². The Morgan fingerprint density at radius 2 is 1.81 bits per heavy atom. The lowest BCUT2D eigenvalue weighted by Crippen LogP contribution is -2.42. The topological polar surface area (TPSA) is 79.8 Å². The predicted molar refractivity (Wildman–Crippen MR) is 125 cm³/mol. The van der Waals surface area contributed by atoms with Crippen molar-refractivity contribution in [2.75, 3.05) is 0 Å². The van der Waals surface area contributed by atoms with Gasteiger partial charge in [0.05, 0.1) is 17.3 Å². The lowest BCUT2D eigenvalue weighted by Gasteiger charge is -2.23. The summed E-state index contributed by atoms with van der Waals surface area (Å²) in [5.74, 6) is -0.195. The van der Waals surface area contributed by atoms with Crippen LogP contribution in [0.5, 0.6) is 0 Å². The van der Waals surface area contributed by atoms with Crippen LogP contribution in [0.15, 0.2) is 53.5 Å². The lowest BCUT2D eigenvalue weighted by molar-refractivity contribution is 0.0509. The molecule has 0 fully saturated rings. The van der Waals surface area contributed by atoms with Gasteiger partial charge in [0.15, 0.2) is 0 Å². The number of carbonyl (C=O) groups is 2. The number of nitrogens with zero attached hydrogens (tertiary/aromatic N) is 1. The Balaban J connectivity index is 2.16. The number of halogens is 1. The van der Waals surface area contributed by atoms with Gasteiger partial charge in [-0.3, -0.25) is 9.79 Å². The van der Waals surface area contributed by atoms with Crippen LogP contribution in [0.25, 0.3) is 0 Å². The molecular weight excluding hydrogens is 414 g/mol. The monoisotopic (exact) mass is 443 g/mol. The molecule has 0 aliphatic rings. The van der Waals surface area contributed by atoms with E-state index >= 15 is 0 Å². The Morgan fingerprint density at radius 3 is 2.42 bits per heavy atom. The fourth-order valence-electron chi connectivity index (χ4n) is 2.66. The number of benzene rings is 2. The summed E-state index contributed by atoms with van der Waals surface area (Å²) >= 11 is 6.13. The second-order valence-corrected chi connectivity index (χ2v) is 8.96. The van der Waals surface area contributed by atoms with E-state index in [1.54, 1.807) is 45.2 Å². The van der Waals surface area contributed by atoms with Crippen molar-refractivity contribution in [2.24, 2.45) is 10.9 Å². The summed E-state index contributed by atoms with van der Waals surface area (Å²) in [4.78, 5) is 29.4. The van der Waals surface area contributed by atoms with Crippen molar-refractivity contribution < 1.29 is 14.3 Å². The zero-order valence-corrected chi connectivity index (χ0v) is 19.4. The third kappa shape index (κ3) is 8.42. The number of alkyl carbamates (subject to hydrolysis) is 1. The van der Waals surface area contributed by atoms with Gasteiger partial charge in [0.25, 0.3) is 5.91 Å². The van der Waals surface area contributed by atoms with Gasteiger partial charge < -0.3 is 15.4 Å². The van der Waals surface area contributed by atoms with Crippen LogP contribution in [-0.4, -0.2) is 29.9 Å². The van der Waals surface area contributed by atoms with Gasteiger partial charge in [-0.15, -0.1) is 0 Å². The van der Waals surface area contributed by atoms with E-state index in [9.17, 15) is 9.59 Å². The van der Waals surface area contributed by atoms with Crippen LogP contribution in [0.2, 0.25) is 5.02 Å². The minimum atomic E-state index is -0.597. The Hall–Kier alpha value is -2.86. The lowest BCUT2D eigenvalue weighted by atomic mass is 10.1. The fraction of sp³-hybridized carbons (Fsp3) is 0.375. The molecule has 0 heterocycles. The SMILES string of the molecule is CC(C)[C@H](/C=N/c1cc(Cl)ccc1C(=O)NCc1ccccc1)NC(=O)OC(C)(C)C. The summed E-state index contributed by atoms with van der Waals surface area (Å²) < 4.78 is 5.33. The third-order valence-electron chi connectivity index (χ3n) is 4.28. The molecule has 7 heteroatoms. The van der Waals surface area contributed by atoms with E-state index < -0.39 is 11.7 Å². The number of aliphatic imine (C=N–C) groups is 1. The first-order valence-electron chi connectivity index (χ1n) is 10.2. The average molecular weight is 444 g/mol. The van der Waals surface area contributed by atoms with Crippen molar-refractivity contribution >= 4 is 35.5 Å². The minimum absolute atomic E-state index is 0.0609. The molecule has 2 aromatic rings. The highest BCUT2D eigenvalue weighted by Gasteiger charge is 2.20. The molecule has 31 heavy (non-hydrogen) atoms. The van der Waals surface area contributed by atoms with Gasteiger partial charge in [-0.2, -0.15) is 0 Å². The third-order valence-corrected chi connectivity index (χ3v) is 4.51. The highest BCUT2D eigenvalue weighted by Crippen LogP contribution is 2.24. The maximum atomic E-state index is 12.7. The van der Waals surface area contributed by atoms with E-state index in [1.165, 1.54) is 0 Å². The fourth-order valence-corrected chi connectivity index (χ4v) is 2.82. The summed E-state index contributed by atoms with van der Waals surface area (Å²) in [5, 5.41) is 6.17. The number of amides is 2. The molecule has 2 rings (SSSR count). The molecule has 0 bridgehead atoms. The molecule has 0 aliphatic heterocycles. The van der Waals surface area contributed by atoms with E-state index in [0.29, 0.717) is 22.8 Å². The molecular formula is C24H30ClN3O3. The van der Waals surface area contributed by atoms with Crippen molar-refractivity contribution in [1.29, 1.82) is 0 Å². The van der Waals surface area contributed by atoms with Crippen molar-refractivity contribution in [3.63, 3.8) is 0 Å². The Morgan fingerprint density at radius 1 is 1.13 bits per heavy atom. The van der Waals surface area contributed by atoms with E-state index in [4.69, 9.17) is 16.3 Å². The number of rotatable bonds is 7. The van der Waals surface area contributed by atoms with Gasteiger partial charge in [-0.05, 0) is 50.5 Å². The van der Waals surface area contributed by atoms with Gasteiger partial charge in [0.2, 0.25) is 0 Å². The number of nitrogens with one attached hydrogen (secondary N) is 2. The van der Waals surface area contributed by atoms with Crippen LogP contribution in [-0.2, 0) is 11.3 Å². The van der Waals surface area contributed by atoms with Gasteiger partial charge in [0.1, 0.15) is 5.60 Å². The molecule has 6 nitrogen and oxygen atoms in total. The van der Waals surface area contributed by atoms with Crippen LogP contribution in [0.3, 0.4) is 0 Å². The first-order chi connectivity index (χ1) is 14.5. The maximum absolute atomic E-state index is 12.7. The predicted octanol–water partition coefficient (Wildman–Crippen LogP) is 5.52. The van der Waals surface area contributed by atoms with E-state index in [0.717, 1.165) is 5.56 Å². The number of carbonyl (C=O) groups excluding carboxylic acids is 2. The van der Waals surface area contributed by atoms with E-state index in [1.807, 2.05) is 44.2 Å². The highest BCUT2D eigenvalue weighted by molar-refractivity contribution is 6.31. The second kappa shape index (κ2) is 11.0. The van der Waals surface area contributed by atoms with Crippen molar-refractivity contribution in [3.05, 3.63) is 64.7 Å². The molecule has 0 unspecified atom stereocenters. The van der Waals surface area contributed by atoms with Crippen LogP contribution >= 0.6 is 11.6 Å². The molecule has 166 valence electrons. The van der Waals surface area contributed by atoms with Gasteiger partial charge in [-0.1, -0.05) is 55.8 Å². The van der Waals surface area contributed by atoms with Gasteiger partial charge in [-0.25, -0.2) is 4.79 Å². The summed E-state index contributed by atoms with van der Waals surface area (Å²) in [7, 11) is 0. The molecule has 0 saturated carbocycles. The van der Waals surface area contributed by atoms with Gasteiger partial charge >= 0.3 is 6.09 Å². The summed E-state index contributed by atoms with van der Waals surface area (Å²) in [5.41, 5.74) is 1.22. The molecule has 2 amide bonds. The Bertz CT molecular complexity index is 921. The molecule has 2 N–H and O–H groups in total. The minimum Gasteiger partial charge on any atom is -0.444 e. The second-order valence-electron chi connectivity index (χ2n) is 8.52. The number of ether oxygens (including phenoxy) is 1. The first kappa shape index (κ1) is 24.4. The summed E-state index contributed by atoms with van der Waals surface area (Å²) in [6.07, 6.45) is 1.08. The summed E-state index contributed by atoms with van der Waals surface area (Å²) in [6.45, 7) is 9.73. The smallest absolute Gasteiger partial charge is 0.408 e. The van der Waals surface area contributed by atoms with E-state index in [2.05, 4.69) is 15.6 Å². The molecule has 0 spiro atoms. The largest absolute Gasteiger partial charge is 0.444 e. The molecule has 0 radical (unpaired) electrons. The standard InChI is InChI=1S/C24H30ClN3O3/c1-16(2)21(28-23(30)31-24(3,4)5)15-26-20-13-18(25)11-12-19(20)22(29)27-14-17-9-7-6-8-10-17/h6-13,15-16,21H,14H2,1-5H3,(H,27,29)(H,28,30)/b26-15+/t21-/m0/s1. The zero-order valence-electron chi connectivity index (χ0n) is 18.6. The van der Waals surface area contributed by atoms with Gasteiger partial charge in [0, 0.05) is 17.8 Å². The Kier molecular flexibility index (Phi) is 8.63. The van der Waals surface area contributed by atoms with Crippen molar-refractivity contribution in [1.82, 2.24) is 10.6 Å². The quantitative estimate of drug-likeness (QED) is 0.553. The highest BCUT2D eigenvalue weighted by atomic mass is 35.5.